The summed E-state index contributed by atoms with van der Waals surface area (Å²) in [5.41, 5.74) is 2.82. The van der Waals surface area contributed by atoms with Gasteiger partial charge in [-0.15, -0.1) is 0 Å². The van der Waals surface area contributed by atoms with E-state index in [4.69, 9.17) is 0 Å². The molecule has 112 valence electrons. The number of amides is 1. The molecule has 0 saturated heterocycles. The van der Waals surface area contributed by atoms with Gasteiger partial charge in [-0.1, -0.05) is 32.1 Å². The summed E-state index contributed by atoms with van der Waals surface area (Å²) in [6, 6.07) is 3.87. The van der Waals surface area contributed by atoms with Gasteiger partial charge in [-0.25, -0.2) is 4.98 Å². The van der Waals surface area contributed by atoms with Crippen LogP contribution >= 0.6 is 0 Å². The Bertz CT molecular complexity index is 626. The number of rotatable bonds is 4. The van der Waals surface area contributed by atoms with Crippen molar-refractivity contribution in [2.45, 2.75) is 51.9 Å². The zero-order valence-electron chi connectivity index (χ0n) is 12.6. The number of hydrogen-bond donors (Lipinski definition) is 1. The van der Waals surface area contributed by atoms with Crippen molar-refractivity contribution < 1.29 is 4.79 Å². The zero-order chi connectivity index (χ0) is 14.7. The van der Waals surface area contributed by atoms with Crippen LogP contribution in [0.4, 0.5) is 5.69 Å². The second-order valence-electron chi connectivity index (χ2n) is 6.08. The second-order valence-corrected chi connectivity index (χ2v) is 6.08. The number of nitrogens with zero attached hydrogens (tertiary/aromatic N) is 2. The average Bonchev–Trinajstić information content (AvgIpc) is 2.98. The topological polar surface area (TPSA) is 46.4 Å². The minimum atomic E-state index is 0.128. The molecule has 2 heterocycles. The molecule has 1 aliphatic carbocycles. The molecule has 0 radical (unpaired) electrons. The van der Waals surface area contributed by atoms with Crippen molar-refractivity contribution in [3.05, 3.63) is 30.2 Å². The van der Waals surface area contributed by atoms with Gasteiger partial charge in [0.15, 0.2) is 0 Å². The van der Waals surface area contributed by atoms with Gasteiger partial charge in [0, 0.05) is 24.5 Å². The summed E-state index contributed by atoms with van der Waals surface area (Å²) in [6.45, 7) is 2.01. The highest BCUT2D eigenvalue weighted by Gasteiger charge is 2.15. The molecule has 1 N–H and O–H groups in total. The van der Waals surface area contributed by atoms with Crippen LogP contribution in [0.1, 0.15) is 50.6 Å². The molecule has 4 heteroatoms. The summed E-state index contributed by atoms with van der Waals surface area (Å²) in [6.07, 6.45) is 12.0. The standard InChI is InChI=1S/C17H23N3O/c1-13-15(8-9-16-18-11-12-20(13)16)19-17(21)10-7-14-5-3-2-4-6-14/h8-9,11-12,14H,2-7,10H2,1H3,(H,19,21). The van der Waals surface area contributed by atoms with Crippen molar-refractivity contribution in [2.75, 3.05) is 5.32 Å². The third-order valence-electron chi connectivity index (χ3n) is 4.60. The minimum Gasteiger partial charge on any atom is -0.325 e. The number of aryl methyl sites for hydroxylation is 1. The molecule has 0 aromatic carbocycles. The highest BCUT2D eigenvalue weighted by molar-refractivity contribution is 5.91. The van der Waals surface area contributed by atoms with E-state index in [9.17, 15) is 4.79 Å². The van der Waals surface area contributed by atoms with E-state index in [1.54, 1.807) is 6.20 Å². The second kappa shape index (κ2) is 6.29. The zero-order valence-corrected chi connectivity index (χ0v) is 12.6. The molecule has 1 saturated carbocycles. The Labute approximate surface area is 125 Å². The highest BCUT2D eigenvalue weighted by atomic mass is 16.1. The smallest absolute Gasteiger partial charge is 0.224 e. The molecule has 2 aromatic rings. The molecule has 0 atom stereocenters. The van der Waals surface area contributed by atoms with Gasteiger partial charge in [0.25, 0.3) is 0 Å². The van der Waals surface area contributed by atoms with E-state index < -0.39 is 0 Å². The molecule has 21 heavy (non-hydrogen) atoms. The van der Waals surface area contributed by atoms with Crippen LogP contribution in [0.5, 0.6) is 0 Å². The van der Waals surface area contributed by atoms with Gasteiger partial charge in [0.1, 0.15) is 5.65 Å². The maximum Gasteiger partial charge on any atom is 0.224 e. The lowest BCUT2D eigenvalue weighted by Crippen LogP contribution is -2.16. The molecule has 0 bridgehead atoms. The predicted octanol–water partition coefficient (Wildman–Crippen LogP) is 3.94. The van der Waals surface area contributed by atoms with Gasteiger partial charge in [-0.2, -0.15) is 0 Å². The van der Waals surface area contributed by atoms with Crippen LogP contribution in [0.2, 0.25) is 0 Å². The van der Waals surface area contributed by atoms with Crippen LogP contribution in [0.3, 0.4) is 0 Å². The number of carbonyl (C=O) groups excluding carboxylic acids is 1. The first kappa shape index (κ1) is 14.1. The third-order valence-corrected chi connectivity index (χ3v) is 4.60. The van der Waals surface area contributed by atoms with E-state index in [0.717, 1.165) is 29.4 Å². The van der Waals surface area contributed by atoms with E-state index in [1.165, 1.54) is 32.1 Å². The molecule has 4 nitrogen and oxygen atoms in total. The fourth-order valence-corrected chi connectivity index (χ4v) is 3.29. The van der Waals surface area contributed by atoms with Crippen LogP contribution < -0.4 is 5.32 Å². The van der Waals surface area contributed by atoms with Crippen molar-refractivity contribution in [3.63, 3.8) is 0 Å². The van der Waals surface area contributed by atoms with E-state index in [-0.39, 0.29) is 5.91 Å². The van der Waals surface area contributed by atoms with Crippen molar-refractivity contribution in [3.8, 4) is 0 Å². The fraction of sp³-hybridized carbons (Fsp3) is 0.529. The van der Waals surface area contributed by atoms with Gasteiger partial charge in [-0.05, 0) is 31.4 Å². The highest BCUT2D eigenvalue weighted by Crippen LogP contribution is 2.27. The molecule has 2 aromatic heterocycles. The lowest BCUT2D eigenvalue weighted by Gasteiger charge is -2.21. The van der Waals surface area contributed by atoms with Gasteiger partial charge >= 0.3 is 0 Å². The van der Waals surface area contributed by atoms with Crippen LogP contribution in [0, 0.1) is 12.8 Å². The van der Waals surface area contributed by atoms with Crippen LogP contribution in [0.25, 0.3) is 5.65 Å². The Morgan fingerprint density at radius 2 is 2.14 bits per heavy atom. The Hall–Kier alpha value is -1.84. The average molecular weight is 285 g/mol. The number of anilines is 1. The largest absolute Gasteiger partial charge is 0.325 e. The summed E-state index contributed by atoms with van der Waals surface area (Å²) in [5.74, 6) is 0.880. The summed E-state index contributed by atoms with van der Waals surface area (Å²) in [5, 5.41) is 3.04. The van der Waals surface area contributed by atoms with Crippen molar-refractivity contribution in [1.82, 2.24) is 9.38 Å². The van der Waals surface area contributed by atoms with Crippen molar-refractivity contribution >= 4 is 17.2 Å². The first-order chi connectivity index (χ1) is 10.2. The predicted molar refractivity (Wildman–Crippen MR) is 84.4 cm³/mol. The molecule has 1 fully saturated rings. The van der Waals surface area contributed by atoms with Gasteiger partial charge in [0.05, 0.1) is 5.69 Å². The van der Waals surface area contributed by atoms with Gasteiger partial charge in [-0.3, -0.25) is 4.79 Å². The SMILES string of the molecule is Cc1c(NC(=O)CCC2CCCCC2)ccc2nccn12. The van der Waals surface area contributed by atoms with Crippen LogP contribution in [0.15, 0.2) is 24.5 Å². The van der Waals surface area contributed by atoms with E-state index in [2.05, 4.69) is 10.3 Å². The molecular formula is C17H23N3O. The Morgan fingerprint density at radius 3 is 2.95 bits per heavy atom. The maximum atomic E-state index is 12.1. The monoisotopic (exact) mass is 285 g/mol. The molecule has 3 rings (SSSR count). The lowest BCUT2D eigenvalue weighted by atomic mass is 9.86. The third kappa shape index (κ3) is 3.26. The van der Waals surface area contributed by atoms with E-state index >= 15 is 0 Å². The molecule has 0 aliphatic heterocycles. The fourth-order valence-electron chi connectivity index (χ4n) is 3.29. The molecule has 0 spiro atoms. The van der Waals surface area contributed by atoms with Crippen molar-refractivity contribution in [1.29, 1.82) is 0 Å². The summed E-state index contributed by atoms with van der Waals surface area (Å²) in [7, 11) is 0. The Morgan fingerprint density at radius 1 is 1.33 bits per heavy atom. The number of nitrogens with one attached hydrogen (secondary N) is 1. The van der Waals surface area contributed by atoms with Crippen LogP contribution in [-0.2, 0) is 4.79 Å². The summed E-state index contributed by atoms with van der Waals surface area (Å²) in [4.78, 5) is 16.4. The first-order valence-corrected chi connectivity index (χ1v) is 7.96. The summed E-state index contributed by atoms with van der Waals surface area (Å²) < 4.78 is 2.00. The van der Waals surface area contributed by atoms with E-state index in [0.29, 0.717) is 6.42 Å². The Kier molecular flexibility index (Phi) is 4.23. The molecule has 0 unspecified atom stereocenters. The van der Waals surface area contributed by atoms with E-state index in [1.807, 2.05) is 29.7 Å². The normalized spacial score (nSPS) is 16.2. The number of pyridine rings is 1. The lowest BCUT2D eigenvalue weighted by molar-refractivity contribution is -0.116. The maximum absolute atomic E-state index is 12.1. The number of hydrogen-bond acceptors (Lipinski definition) is 2. The van der Waals surface area contributed by atoms with Gasteiger partial charge in [0.2, 0.25) is 5.91 Å². The number of carbonyl (C=O) groups is 1. The minimum absolute atomic E-state index is 0.128. The van der Waals surface area contributed by atoms with Gasteiger partial charge < -0.3 is 9.72 Å². The van der Waals surface area contributed by atoms with Crippen molar-refractivity contribution in [2.24, 2.45) is 5.92 Å². The summed E-state index contributed by atoms with van der Waals surface area (Å²) >= 11 is 0. The molecular weight excluding hydrogens is 262 g/mol. The number of imidazole rings is 1. The molecule has 1 amide bonds. The first-order valence-electron chi connectivity index (χ1n) is 7.96. The molecule has 1 aliphatic rings. The number of aromatic nitrogens is 2. The van der Waals surface area contributed by atoms with Crippen LogP contribution in [-0.4, -0.2) is 15.3 Å². The number of fused-ring (bicyclic) bond motifs is 1. The Balaban J connectivity index is 1.59. The quantitative estimate of drug-likeness (QED) is 0.924.